The van der Waals surface area contributed by atoms with Crippen molar-refractivity contribution in [2.24, 2.45) is 0 Å². The predicted molar refractivity (Wildman–Crippen MR) is 48.7 cm³/mol. The second-order valence-corrected chi connectivity index (χ2v) is 3.02. The van der Waals surface area contributed by atoms with Crippen molar-refractivity contribution in [1.82, 2.24) is 4.98 Å². The van der Waals surface area contributed by atoms with Crippen LogP contribution in [0, 0.1) is 5.82 Å². The molecule has 4 heteroatoms. The van der Waals surface area contributed by atoms with Gasteiger partial charge in [0.05, 0.1) is 5.52 Å². The summed E-state index contributed by atoms with van der Waals surface area (Å²) in [6.45, 7) is 0. The highest BCUT2D eigenvalue weighted by Crippen LogP contribution is 2.26. The van der Waals surface area contributed by atoms with Crippen molar-refractivity contribution in [2.75, 3.05) is 0 Å². The van der Waals surface area contributed by atoms with Crippen LogP contribution in [0.3, 0.4) is 0 Å². The van der Waals surface area contributed by atoms with Crippen LogP contribution in [-0.4, -0.2) is 11.3 Å². The van der Waals surface area contributed by atoms with Gasteiger partial charge in [-0.2, -0.15) is 0 Å². The lowest BCUT2D eigenvalue weighted by Crippen LogP contribution is -1.79. The van der Waals surface area contributed by atoms with E-state index < -0.39 is 5.82 Å². The van der Waals surface area contributed by atoms with Gasteiger partial charge in [-0.25, -0.2) is 4.39 Å². The molecule has 0 spiro atoms. The molecule has 0 bridgehead atoms. The van der Waals surface area contributed by atoms with Gasteiger partial charge < -0.3 is 4.98 Å². The second kappa shape index (κ2) is 2.85. The number of aromatic nitrogens is 1. The minimum absolute atomic E-state index is 0.0191. The number of halogens is 2. The third kappa shape index (κ3) is 1.12. The molecule has 1 aromatic heterocycles. The molecule has 1 heterocycles. The van der Waals surface area contributed by atoms with Crippen LogP contribution in [0.4, 0.5) is 4.39 Å². The fourth-order valence-electron chi connectivity index (χ4n) is 1.26. The average Bonchev–Trinajstić information content (AvgIpc) is 2.55. The van der Waals surface area contributed by atoms with Gasteiger partial charge in [0, 0.05) is 17.1 Å². The van der Waals surface area contributed by atoms with Crippen LogP contribution in [0.25, 0.3) is 10.9 Å². The van der Waals surface area contributed by atoms with Crippen molar-refractivity contribution < 1.29 is 9.18 Å². The number of rotatable bonds is 1. The van der Waals surface area contributed by atoms with Gasteiger partial charge in [-0.15, -0.1) is 0 Å². The molecule has 2 aromatic rings. The predicted octanol–water partition coefficient (Wildman–Crippen LogP) is 2.77. The zero-order chi connectivity index (χ0) is 9.42. The molecular formula is C9H5ClFNO. The minimum Gasteiger partial charge on any atom is -0.359 e. The summed E-state index contributed by atoms with van der Waals surface area (Å²) < 4.78 is 12.9. The van der Waals surface area contributed by atoms with Crippen LogP contribution >= 0.6 is 11.6 Å². The maximum atomic E-state index is 12.9. The summed E-state index contributed by atoms with van der Waals surface area (Å²) in [7, 11) is 0. The fourth-order valence-corrected chi connectivity index (χ4v) is 1.48. The van der Waals surface area contributed by atoms with E-state index in [2.05, 4.69) is 4.98 Å². The summed E-state index contributed by atoms with van der Waals surface area (Å²) in [6.07, 6.45) is 2.20. The Bertz CT molecular complexity index is 478. The standard InChI is InChI=1S/C9H5ClFNO/c10-8-7(11)2-1-6-5(4-13)3-12-9(6)8/h1-4,12H. The molecular weight excluding hydrogens is 193 g/mol. The Kier molecular flexibility index (Phi) is 1.81. The first-order valence-corrected chi connectivity index (χ1v) is 4.02. The molecule has 13 heavy (non-hydrogen) atoms. The topological polar surface area (TPSA) is 32.9 Å². The SMILES string of the molecule is O=Cc1c[nH]c2c(Cl)c(F)ccc12. The van der Waals surface area contributed by atoms with E-state index in [1.54, 1.807) is 0 Å². The van der Waals surface area contributed by atoms with E-state index in [1.165, 1.54) is 18.3 Å². The number of carbonyl (C=O) groups excluding carboxylic acids is 1. The average molecular weight is 198 g/mol. The van der Waals surface area contributed by atoms with Crippen LogP contribution < -0.4 is 0 Å². The number of hydrogen-bond donors (Lipinski definition) is 1. The first-order chi connectivity index (χ1) is 6.24. The van der Waals surface area contributed by atoms with E-state index >= 15 is 0 Å². The van der Waals surface area contributed by atoms with Gasteiger partial charge in [0.15, 0.2) is 6.29 Å². The molecule has 1 aromatic carbocycles. The van der Waals surface area contributed by atoms with Crippen LogP contribution in [0.2, 0.25) is 5.02 Å². The third-order valence-electron chi connectivity index (χ3n) is 1.90. The zero-order valence-corrected chi connectivity index (χ0v) is 7.23. The van der Waals surface area contributed by atoms with Gasteiger partial charge in [0.1, 0.15) is 10.8 Å². The van der Waals surface area contributed by atoms with Crippen molar-refractivity contribution in [3.63, 3.8) is 0 Å². The molecule has 0 atom stereocenters. The summed E-state index contributed by atoms with van der Waals surface area (Å²) in [4.78, 5) is 13.3. The smallest absolute Gasteiger partial charge is 0.152 e. The first-order valence-electron chi connectivity index (χ1n) is 3.64. The van der Waals surface area contributed by atoms with Gasteiger partial charge >= 0.3 is 0 Å². The molecule has 2 nitrogen and oxygen atoms in total. The number of aldehydes is 1. The Labute approximate surface area is 78.3 Å². The van der Waals surface area contributed by atoms with Crippen LogP contribution in [0.15, 0.2) is 18.3 Å². The lowest BCUT2D eigenvalue weighted by Gasteiger charge is -1.95. The summed E-state index contributed by atoms with van der Waals surface area (Å²) >= 11 is 5.67. The monoisotopic (exact) mass is 197 g/mol. The van der Waals surface area contributed by atoms with E-state index in [9.17, 15) is 9.18 Å². The van der Waals surface area contributed by atoms with Gasteiger partial charge in [-0.3, -0.25) is 4.79 Å². The Hall–Kier alpha value is -1.35. The van der Waals surface area contributed by atoms with Crippen molar-refractivity contribution in [1.29, 1.82) is 0 Å². The molecule has 0 unspecified atom stereocenters. The summed E-state index contributed by atoms with van der Waals surface area (Å²) in [6, 6.07) is 2.77. The van der Waals surface area contributed by atoms with Crippen molar-refractivity contribution in [3.8, 4) is 0 Å². The fraction of sp³-hybridized carbons (Fsp3) is 0. The molecule has 2 rings (SSSR count). The Balaban J connectivity index is 2.88. The van der Waals surface area contributed by atoms with E-state index in [1.807, 2.05) is 0 Å². The quantitative estimate of drug-likeness (QED) is 0.701. The second-order valence-electron chi connectivity index (χ2n) is 2.65. The van der Waals surface area contributed by atoms with Gasteiger partial charge in [-0.05, 0) is 12.1 Å². The van der Waals surface area contributed by atoms with Crippen LogP contribution in [0.1, 0.15) is 10.4 Å². The number of nitrogens with one attached hydrogen (secondary N) is 1. The van der Waals surface area contributed by atoms with Gasteiger partial charge in [0.25, 0.3) is 0 Å². The molecule has 0 saturated heterocycles. The molecule has 0 radical (unpaired) electrons. The largest absolute Gasteiger partial charge is 0.359 e. The zero-order valence-electron chi connectivity index (χ0n) is 6.47. The highest BCUT2D eigenvalue weighted by Gasteiger charge is 2.09. The molecule has 0 fully saturated rings. The Morgan fingerprint density at radius 2 is 2.23 bits per heavy atom. The van der Waals surface area contributed by atoms with Crippen molar-refractivity contribution in [3.05, 3.63) is 34.7 Å². The number of carbonyl (C=O) groups is 1. The van der Waals surface area contributed by atoms with Crippen molar-refractivity contribution >= 4 is 28.8 Å². The van der Waals surface area contributed by atoms with E-state index in [0.717, 1.165) is 0 Å². The maximum Gasteiger partial charge on any atom is 0.152 e. The summed E-state index contributed by atoms with van der Waals surface area (Å²) in [5.74, 6) is -0.492. The summed E-state index contributed by atoms with van der Waals surface area (Å²) in [5.41, 5.74) is 0.945. The number of aromatic amines is 1. The highest BCUT2D eigenvalue weighted by molar-refractivity contribution is 6.35. The minimum atomic E-state index is -0.492. The Morgan fingerprint density at radius 3 is 2.92 bits per heavy atom. The van der Waals surface area contributed by atoms with Gasteiger partial charge in [-0.1, -0.05) is 11.6 Å². The van der Waals surface area contributed by atoms with Crippen LogP contribution in [0.5, 0.6) is 0 Å². The number of fused-ring (bicyclic) bond motifs is 1. The number of hydrogen-bond acceptors (Lipinski definition) is 1. The van der Waals surface area contributed by atoms with Gasteiger partial charge in [0.2, 0.25) is 0 Å². The lowest BCUT2D eigenvalue weighted by atomic mass is 10.2. The lowest BCUT2D eigenvalue weighted by molar-refractivity contribution is 0.112. The molecule has 0 aliphatic heterocycles. The molecule has 0 aliphatic rings. The normalized spacial score (nSPS) is 10.6. The third-order valence-corrected chi connectivity index (χ3v) is 2.27. The molecule has 66 valence electrons. The highest BCUT2D eigenvalue weighted by atomic mass is 35.5. The first kappa shape index (κ1) is 8.26. The molecule has 0 amide bonds. The summed E-state index contributed by atoms with van der Waals surface area (Å²) in [5, 5.41) is 0.659. The Morgan fingerprint density at radius 1 is 1.46 bits per heavy atom. The van der Waals surface area contributed by atoms with E-state index in [4.69, 9.17) is 11.6 Å². The van der Waals surface area contributed by atoms with E-state index in [0.29, 0.717) is 22.8 Å². The maximum absolute atomic E-state index is 12.9. The number of benzene rings is 1. The number of H-pyrrole nitrogens is 1. The molecule has 0 aliphatic carbocycles. The molecule has 0 saturated carbocycles. The molecule has 1 N–H and O–H groups in total. The van der Waals surface area contributed by atoms with Crippen LogP contribution in [-0.2, 0) is 0 Å². The van der Waals surface area contributed by atoms with Crippen molar-refractivity contribution in [2.45, 2.75) is 0 Å². The van der Waals surface area contributed by atoms with E-state index in [-0.39, 0.29) is 5.02 Å².